The van der Waals surface area contributed by atoms with Crippen LogP contribution in [0.25, 0.3) is 0 Å². The van der Waals surface area contributed by atoms with E-state index in [1.807, 2.05) is 0 Å². The zero-order valence-corrected chi connectivity index (χ0v) is 12.1. The normalized spacial score (nSPS) is 17.5. The third kappa shape index (κ3) is 8.76. The van der Waals surface area contributed by atoms with Gasteiger partial charge in [-0.15, -0.1) is 0 Å². The van der Waals surface area contributed by atoms with Gasteiger partial charge in [-0.25, -0.2) is 4.79 Å². The minimum absolute atomic E-state index is 0.222. The zero-order chi connectivity index (χ0) is 17.9. The van der Waals surface area contributed by atoms with Gasteiger partial charge in [-0.2, -0.15) is 0 Å². The maximum absolute atomic E-state index is 10.5. The van der Waals surface area contributed by atoms with Crippen molar-refractivity contribution < 1.29 is 49.8 Å². The van der Waals surface area contributed by atoms with Crippen LogP contribution in [0.4, 0.5) is 0 Å². The lowest BCUT2D eigenvalue weighted by Crippen LogP contribution is -2.31. The van der Waals surface area contributed by atoms with Crippen molar-refractivity contribution in [2.45, 2.75) is 38.9 Å². The molecule has 2 atom stereocenters. The Labute approximate surface area is 125 Å². The van der Waals surface area contributed by atoms with Gasteiger partial charge < -0.3 is 35.4 Å². The lowest BCUT2D eigenvalue weighted by atomic mass is 10.2. The Hall–Kier alpha value is -2.33. The van der Waals surface area contributed by atoms with Crippen LogP contribution >= 0.6 is 0 Å². The Morgan fingerprint density at radius 3 is 1.68 bits per heavy atom. The van der Waals surface area contributed by atoms with E-state index in [-0.39, 0.29) is 12.8 Å². The van der Waals surface area contributed by atoms with Gasteiger partial charge in [-0.3, -0.25) is 9.59 Å². The van der Waals surface area contributed by atoms with E-state index >= 15 is 0 Å². The topological polar surface area (TPSA) is 182 Å². The van der Waals surface area contributed by atoms with Crippen LogP contribution in [0.3, 0.4) is 0 Å². The molecule has 22 heavy (non-hydrogen) atoms. The number of aliphatic hydroxyl groups is 4. The van der Waals surface area contributed by atoms with E-state index in [9.17, 15) is 14.4 Å². The van der Waals surface area contributed by atoms with Crippen LogP contribution in [0.15, 0.2) is 11.5 Å². The lowest BCUT2D eigenvalue weighted by molar-refractivity contribution is -0.147. The number of carbonyl (C=O) groups is 3. The molecule has 0 aromatic heterocycles. The fourth-order valence-corrected chi connectivity index (χ4v) is 0.823. The number of hydrogen-bond acceptors (Lipinski definition) is 8. The Morgan fingerprint density at radius 1 is 1.14 bits per heavy atom. The molecule has 128 valence electrons. The number of cyclic esters (lactones) is 1. The molecule has 0 aliphatic carbocycles. The quantitative estimate of drug-likeness (QED) is 0.370. The van der Waals surface area contributed by atoms with Gasteiger partial charge in [0.1, 0.15) is 6.10 Å². The molecule has 10 nitrogen and oxygen atoms in total. The van der Waals surface area contributed by atoms with Gasteiger partial charge in [-0.05, 0) is 0 Å². The molecule has 10 heteroatoms. The molecular formula is C12H20O10. The van der Waals surface area contributed by atoms with Crippen molar-refractivity contribution >= 4 is 17.9 Å². The first kappa shape index (κ1) is 22.0. The van der Waals surface area contributed by atoms with Crippen molar-refractivity contribution in [1.29, 1.82) is 0 Å². The van der Waals surface area contributed by atoms with Crippen LogP contribution in [0.5, 0.6) is 0 Å². The first-order chi connectivity index (χ1) is 10.1. The van der Waals surface area contributed by atoms with Gasteiger partial charge in [0.05, 0.1) is 6.61 Å². The Morgan fingerprint density at radius 2 is 1.50 bits per heavy atom. The number of aliphatic hydroxyl groups excluding tert-OH is 4. The summed E-state index contributed by atoms with van der Waals surface area (Å²) in [5.41, 5.74) is 0. The second-order valence-corrected chi connectivity index (χ2v) is 3.80. The van der Waals surface area contributed by atoms with Gasteiger partial charge in [0, 0.05) is 12.8 Å². The minimum atomic E-state index is -1.42. The van der Waals surface area contributed by atoms with Gasteiger partial charge >= 0.3 is 17.9 Å². The molecule has 0 fully saturated rings. The summed E-state index contributed by atoms with van der Waals surface area (Å²) in [5.74, 6) is -4.27. The number of aliphatic carboxylic acids is 2. The maximum atomic E-state index is 10.5. The van der Waals surface area contributed by atoms with Crippen LogP contribution in [0.2, 0.25) is 0 Å². The molecule has 6 N–H and O–H groups in total. The number of rotatable bonds is 4. The van der Waals surface area contributed by atoms with Gasteiger partial charge in [-0.1, -0.05) is 13.8 Å². The van der Waals surface area contributed by atoms with E-state index in [0.717, 1.165) is 0 Å². The molecule has 0 radical (unpaired) electrons. The average Bonchev–Trinajstić information content (AvgIpc) is 2.75. The SMILES string of the molecule is CCC(=O)O.CCC(=O)O.O=C1O[C@H]([C@@H](O)CO)C(O)=C1O. The molecule has 1 rings (SSSR count). The highest BCUT2D eigenvalue weighted by molar-refractivity contribution is 5.89. The predicted octanol–water partition coefficient (Wildman–Crippen LogP) is -0.445. The van der Waals surface area contributed by atoms with Crippen LogP contribution in [-0.2, 0) is 19.1 Å². The number of carboxylic acid groups (broad SMARTS) is 2. The van der Waals surface area contributed by atoms with Crippen molar-refractivity contribution in [2.75, 3.05) is 6.61 Å². The molecule has 1 heterocycles. The van der Waals surface area contributed by atoms with E-state index in [0.29, 0.717) is 0 Å². The summed E-state index contributed by atoms with van der Waals surface area (Å²) in [6, 6.07) is 0. The Kier molecular flexibility index (Phi) is 11.3. The molecule has 0 bridgehead atoms. The molecule has 0 unspecified atom stereocenters. The Bertz CT molecular complexity index is 400. The van der Waals surface area contributed by atoms with E-state index in [2.05, 4.69) is 4.74 Å². The first-order valence-corrected chi connectivity index (χ1v) is 6.17. The van der Waals surface area contributed by atoms with Crippen LogP contribution < -0.4 is 0 Å². The van der Waals surface area contributed by atoms with Gasteiger partial charge in [0.25, 0.3) is 0 Å². The molecule has 0 spiro atoms. The second kappa shape index (κ2) is 11.3. The van der Waals surface area contributed by atoms with E-state index in [1.54, 1.807) is 13.8 Å². The number of ether oxygens (including phenoxy) is 1. The highest BCUT2D eigenvalue weighted by Crippen LogP contribution is 2.20. The fourth-order valence-electron chi connectivity index (χ4n) is 0.823. The molecular weight excluding hydrogens is 304 g/mol. The third-order valence-corrected chi connectivity index (χ3v) is 2.08. The summed E-state index contributed by atoms with van der Waals surface area (Å²) < 4.78 is 4.32. The molecule has 0 aromatic carbocycles. The molecule has 0 aromatic rings. The summed E-state index contributed by atoms with van der Waals surface area (Å²) in [6.45, 7) is 2.53. The fraction of sp³-hybridized carbons (Fsp3) is 0.583. The molecule has 0 amide bonds. The van der Waals surface area contributed by atoms with Crippen molar-refractivity contribution in [1.82, 2.24) is 0 Å². The van der Waals surface area contributed by atoms with Gasteiger partial charge in [0.2, 0.25) is 5.76 Å². The van der Waals surface area contributed by atoms with Crippen molar-refractivity contribution in [3.8, 4) is 0 Å². The van der Waals surface area contributed by atoms with Crippen LogP contribution in [0.1, 0.15) is 26.7 Å². The predicted molar refractivity (Wildman–Crippen MR) is 71.1 cm³/mol. The maximum Gasteiger partial charge on any atom is 0.377 e. The summed E-state index contributed by atoms with van der Waals surface area (Å²) in [7, 11) is 0. The minimum Gasteiger partial charge on any atom is -0.505 e. The largest absolute Gasteiger partial charge is 0.505 e. The monoisotopic (exact) mass is 324 g/mol. The van der Waals surface area contributed by atoms with E-state index in [1.165, 1.54) is 0 Å². The zero-order valence-electron chi connectivity index (χ0n) is 12.1. The molecule has 1 aliphatic rings. The third-order valence-electron chi connectivity index (χ3n) is 2.08. The Balaban J connectivity index is 0. The number of hydrogen-bond donors (Lipinski definition) is 6. The number of esters is 1. The standard InChI is InChI=1S/C6H8O6.2C3H6O2/c7-1-2(8)5-3(9)4(10)6(11)12-5;2*1-2-3(4)5/h2,5,7-10H,1H2;2*2H2,1H3,(H,4,5)/t2-,5+;;/m0../s1. The smallest absolute Gasteiger partial charge is 0.377 e. The molecule has 1 aliphatic heterocycles. The second-order valence-electron chi connectivity index (χ2n) is 3.80. The van der Waals surface area contributed by atoms with Gasteiger partial charge in [0.15, 0.2) is 11.9 Å². The highest BCUT2D eigenvalue weighted by Gasteiger charge is 2.38. The van der Waals surface area contributed by atoms with Crippen LogP contribution in [-0.4, -0.2) is 67.4 Å². The summed E-state index contributed by atoms with van der Waals surface area (Å²) in [6.07, 6.45) is -2.33. The van der Waals surface area contributed by atoms with Crippen molar-refractivity contribution in [3.05, 3.63) is 11.5 Å². The highest BCUT2D eigenvalue weighted by atomic mass is 16.6. The number of carbonyl (C=O) groups excluding carboxylic acids is 1. The van der Waals surface area contributed by atoms with Crippen molar-refractivity contribution in [3.63, 3.8) is 0 Å². The number of carboxylic acids is 2. The summed E-state index contributed by atoms with van der Waals surface area (Å²) in [5, 5.41) is 50.5. The van der Waals surface area contributed by atoms with E-state index < -0.39 is 48.2 Å². The van der Waals surface area contributed by atoms with Crippen LogP contribution in [0, 0.1) is 0 Å². The summed E-state index contributed by atoms with van der Waals surface area (Å²) in [4.78, 5) is 29.3. The molecule has 0 saturated carbocycles. The average molecular weight is 324 g/mol. The van der Waals surface area contributed by atoms with E-state index in [4.69, 9.17) is 30.6 Å². The lowest BCUT2D eigenvalue weighted by Gasteiger charge is -2.13. The molecule has 0 saturated heterocycles. The van der Waals surface area contributed by atoms with Crippen molar-refractivity contribution in [2.24, 2.45) is 0 Å². The summed E-state index contributed by atoms with van der Waals surface area (Å²) >= 11 is 0. The first-order valence-electron chi connectivity index (χ1n) is 6.17.